The van der Waals surface area contributed by atoms with Crippen LogP contribution in [0.15, 0.2) is 34.9 Å². The van der Waals surface area contributed by atoms with E-state index >= 15 is 4.39 Å². The average Bonchev–Trinajstić information content (AvgIpc) is 2.93. The fourth-order valence-corrected chi connectivity index (χ4v) is 2.64. The predicted octanol–water partition coefficient (Wildman–Crippen LogP) is 3.37. The van der Waals surface area contributed by atoms with Crippen LogP contribution in [0.3, 0.4) is 0 Å². The van der Waals surface area contributed by atoms with Crippen molar-refractivity contribution in [3.8, 4) is 0 Å². The van der Waals surface area contributed by atoms with Gasteiger partial charge in [-0.15, -0.1) is 0 Å². The lowest BCUT2D eigenvalue weighted by molar-refractivity contribution is 0.0573. The second kappa shape index (κ2) is 6.37. The third-order valence-corrected chi connectivity index (χ3v) is 3.91. The van der Waals surface area contributed by atoms with Crippen molar-refractivity contribution in [2.75, 3.05) is 13.7 Å². The lowest BCUT2D eigenvalue weighted by Crippen LogP contribution is -2.46. The highest BCUT2D eigenvalue weighted by Gasteiger charge is 2.39. The highest BCUT2D eigenvalue weighted by molar-refractivity contribution is 5.78. The summed E-state index contributed by atoms with van der Waals surface area (Å²) < 4.78 is 20.8. The Morgan fingerprint density at radius 3 is 2.85 bits per heavy atom. The van der Waals surface area contributed by atoms with Gasteiger partial charge in [-0.2, -0.15) is 0 Å². The van der Waals surface area contributed by atoms with Gasteiger partial charge in [0.05, 0.1) is 18.9 Å². The summed E-state index contributed by atoms with van der Waals surface area (Å²) in [6.45, 7) is 1.80. The molecule has 0 radical (unpaired) electrons. The largest absolute Gasteiger partial charge is 0.464 e. The van der Waals surface area contributed by atoms with E-state index in [1.807, 2.05) is 19.1 Å². The lowest BCUT2D eigenvalue weighted by atomic mass is 9.83. The number of furan rings is 1. The Hall–Kier alpha value is -1.39. The van der Waals surface area contributed by atoms with Crippen LogP contribution in [0.5, 0.6) is 0 Å². The summed E-state index contributed by atoms with van der Waals surface area (Å²) >= 11 is 0. The first kappa shape index (κ1) is 15.0. The lowest BCUT2D eigenvalue weighted by Gasteiger charge is -2.33. The molecule has 0 saturated heterocycles. The second-order valence-electron chi connectivity index (χ2n) is 5.16. The molecule has 0 saturated carbocycles. The number of aliphatic hydroxyl groups excluding tert-OH is 1. The number of rotatable bonds is 7. The first-order valence-electron chi connectivity index (χ1n) is 7.10. The number of alkyl halides is 1. The molecule has 1 aromatic heterocycles. The topological polar surface area (TPSA) is 45.4 Å². The molecule has 2 N–H and O–H groups in total. The summed E-state index contributed by atoms with van der Waals surface area (Å²) in [7, 11) is 1.68. The molecule has 20 heavy (non-hydrogen) atoms. The third-order valence-electron chi connectivity index (χ3n) is 3.91. The molecule has 0 aliphatic heterocycles. The molecular weight excluding hydrogens is 257 g/mol. The second-order valence-corrected chi connectivity index (χ2v) is 5.16. The van der Waals surface area contributed by atoms with Gasteiger partial charge in [0.15, 0.2) is 5.67 Å². The molecule has 110 valence electrons. The van der Waals surface area contributed by atoms with Crippen LogP contribution in [0, 0.1) is 0 Å². The van der Waals surface area contributed by atoms with E-state index in [0.29, 0.717) is 12.0 Å². The molecule has 1 heterocycles. The number of aliphatic hydroxyl groups is 1. The van der Waals surface area contributed by atoms with Crippen molar-refractivity contribution in [3.05, 3.63) is 36.1 Å². The Kier molecular flexibility index (Phi) is 4.78. The van der Waals surface area contributed by atoms with Crippen LogP contribution in [0.1, 0.15) is 31.7 Å². The van der Waals surface area contributed by atoms with Gasteiger partial charge in [-0.25, -0.2) is 4.39 Å². The highest BCUT2D eigenvalue weighted by atomic mass is 19.1. The molecule has 0 aliphatic carbocycles. The van der Waals surface area contributed by atoms with Gasteiger partial charge >= 0.3 is 0 Å². The number of hydrogen-bond acceptors (Lipinski definition) is 3. The summed E-state index contributed by atoms with van der Waals surface area (Å²) in [5.41, 5.74) is -0.241. The van der Waals surface area contributed by atoms with Crippen LogP contribution < -0.4 is 5.32 Å². The number of unbranched alkanes of at least 4 members (excludes halogenated alkanes) is 1. The van der Waals surface area contributed by atoms with Crippen molar-refractivity contribution in [1.29, 1.82) is 0 Å². The van der Waals surface area contributed by atoms with E-state index in [4.69, 9.17) is 4.42 Å². The van der Waals surface area contributed by atoms with Crippen LogP contribution in [0.4, 0.5) is 4.39 Å². The average molecular weight is 279 g/mol. The Balaban J connectivity index is 2.42. The maximum atomic E-state index is 15.6. The smallest absolute Gasteiger partial charge is 0.153 e. The summed E-state index contributed by atoms with van der Waals surface area (Å²) in [6.07, 6.45) is 3.68. The number of fused-ring (bicyclic) bond motifs is 1. The number of benzene rings is 1. The minimum Gasteiger partial charge on any atom is -0.464 e. The number of likely N-dealkylation sites (N-methyl/N-ethyl adjacent to an activating group) is 1. The Labute approximate surface area is 118 Å². The predicted molar refractivity (Wildman–Crippen MR) is 78.5 cm³/mol. The van der Waals surface area contributed by atoms with Crippen LogP contribution in [0.25, 0.3) is 11.0 Å². The Bertz CT molecular complexity index is 550. The summed E-state index contributed by atoms with van der Waals surface area (Å²) in [6, 6.07) is 6.57. The molecular formula is C16H22FNO2. The highest BCUT2D eigenvalue weighted by Crippen LogP contribution is 2.37. The minimum absolute atomic E-state index is 0.236. The van der Waals surface area contributed by atoms with Crippen molar-refractivity contribution in [2.45, 2.75) is 37.9 Å². The molecule has 2 atom stereocenters. The van der Waals surface area contributed by atoms with Crippen molar-refractivity contribution < 1.29 is 13.9 Å². The number of halogens is 1. The Morgan fingerprint density at radius 1 is 1.40 bits per heavy atom. The minimum atomic E-state index is -1.58. The molecule has 0 bridgehead atoms. The first-order valence-corrected chi connectivity index (χ1v) is 7.10. The molecule has 2 rings (SSSR count). The van der Waals surface area contributed by atoms with Gasteiger partial charge in [0.1, 0.15) is 5.58 Å². The SMILES string of the molecule is CCCCC(F)(c1ccc2occc2c1)C(CO)NC. The molecule has 0 spiro atoms. The van der Waals surface area contributed by atoms with Gasteiger partial charge in [0, 0.05) is 5.39 Å². The molecule has 4 heteroatoms. The van der Waals surface area contributed by atoms with E-state index in [2.05, 4.69) is 5.32 Å². The fraction of sp³-hybridized carbons (Fsp3) is 0.500. The maximum absolute atomic E-state index is 15.6. The van der Waals surface area contributed by atoms with Gasteiger partial charge < -0.3 is 14.8 Å². The normalized spacial score (nSPS) is 16.2. The van der Waals surface area contributed by atoms with Crippen LogP contribution in [-0.2, 0) is 5.67 Å². The van der Waals surface area contributed by atoms with E-state index in [-0.39, 0.29) is 6.61 Å². The van der Waals surface area contributed by atoms with Crippen molar-refractivity contribution in [2.24, 2.45) is 0 Å². The zero-order chi connectivity index (χ0) is 14.6. The number of nitrogens with one attached hydrogen (secondary N) is 1. The van der Waals surface area contributed by atoms with Gasteiger partial charge in [-0.3, -0.25) is 0 Å². The van der Waals surface area contributed by atoms with Gasteiger partial charge in [0.2, 0.25) is 0 Å². The standard InChI is InChI=1S/C16H22FNO2/c1-3-4-8-16(17,15(11-19)18-2)13-5-6-14-12(10-13)7-9-20-14/h5-7,9-10,15,18-19H,3-4,8,11H2,1-2H3. The van der Waals surface area contributed by atoms with E-state index in [0.717, 1.165) is 23.8 Å². The third kappa shape index (κ3) is 2.72. The van der Waals surface area contributed by atoms with E-state index in [1.165, 1.54) is 0 Å². The van der Waals surface area contributed by atoms with E-state index < -0.39 is 11.7 Å². The summed E-state index contributed by atoms with van der Waals surface area (Å²) in [4.78, 5) is 0. The monoisotopic (exact) mass is 279 g/mol. The Morgan fingerprint density at radius 2 is 2.20 bits per heavy atom. The summed E-state index contributed by atoms with van der Waals surface area (Å²) in [5, 5.41) is 13.3. The number of hydrogen-bond donors (Lipinski definition) is 2. The molecule has 0 amide bonds. The summed E-state index contributed by atoms with van der Waals surface area (Å²) in [5.74, 6) is 0. The van der Waals surface area contributed by atoms with Crippen LogP contribution >= 0.6 is 0 Å². The van der Waals surface area contributed by atoms with E-state index in [9.17, 15) is 5.11 Å². The molecule has 3 nitrogen and oxygen atoms in total. The zero-order valence-electron chi connectivity index (χ0n) is 12.0. The maximum Gasteiger partial charge on any atom is 0.153 e. The van der Waals surface area contributed by atoms with E-state index in [1.54, 1.807) is 25.4 Å². The van der Waals surface area contributed by atoms with Crippen LogP contribution in [-0.4, -0.2) is 24.8 Å². The molecule has 0 aliphatic rings. The van der Waals surface area contributed by atoms with Gasteiger partial charge in [-0.1, -0.05) is 25.8 Å². The molecule has 1 aromatic carbocycles. The molecule has 2 aromatic rings. The molecule has 2 unspecified atom stereocenters. The van der Waals surface area contributed by atoms with Gasteiger partial charge in [-0.05, 0) is 37.2 Å². The quantitative estimate of drug-likeness (QED) is 0.817. The van der Waals surface area contributed by atoms with Crippen LogP contribution in [0.2, 0.25) is 0 Å². The van der Waals surface area contributed by atoms with Gasteiger partial charge in [0.25, 0.3) is 0 Å². The zero-order valence-corrected chi connectivity index (χ0v) is 12.0. The molecule has 0 fully saturated rings. The first-order chi connectivity index (χ1) is 9.65. The fourth-order valence-electron chi connectivity index (χ4n) is 2.64. The van der Waals surface area contributed by atoms with Crippen molar-refractivity contribution >= 4 is 11.0 Å². The van der Waals surface area contributed by atoms with Crippen molar-refractivity contribution in [1.82, 2.24) is 5.32 Å². The van der Waals surface area contributed by atoms with Crippen molar-refractivity contribution in [3.63, 3.8) is 0 Å².